The molecule has 2 rings (SSSR count). The molecule has 1 aromatic rings. The van der Waals surface area contributed by atoms with Gasteiger partial charge in [-0.25, -0.2) is 0 Å². The molecule has 7 nitrogen and oxygen atoms in total. The van der Waals surface area contributed by atoms with E-state index in [9.17, 15) is 14.4 Å². The molecule has 0 radical (unpaired) electrons. The predicted molar refractivity (Wildman–Crippen MR) is 132 cm³/mol. The Morgan fingerprint density at radius 2 is 1.79 bits per heavy atom. The van der Waals surface area contributed by atoms with Gasteiger partial charge < -0.3 is 19.5 Å². The molecule has 1 amide bonds. The zero-order valence-electron chi connectivity index (χ0n) is 21.5. The van der Waals surface area contributed by atoms with Crippen LogP contribution in [0.5, 0.6) is 0 Å². The summed E-state index contributed by atoms with van der Waals surface area (Å²) in [5, 5.41) is 2.96. The van der Waals surface area contributed by atoms with Gasteiger partial charge in [-0.3, -0.25) is 14.4 Å². The number of rotatable bonds is 8. The summed E-state index contributed by atoms with van der Waals surface area (Å²) in [7, 11) is 0. The minimum Gasteiger partial charge on any atom is -0.465 e. The van der Waals surface area contributed by atoms with Crippen LogP contribution in [0.25, 0.3) is 0 Å². The SMILES string of the molecule is CC(=O)N[C@H]1C([C@H](C)[C@H](C)COC(=O)C(C)(C)C)O[C@@](C)(Sc2ccccc2)C[C@H]1OC(C)=O. The maximum Gasteiger partial charge on any atom is 0.311 e. The van der Waals surface area contributed by atoms with Crippen LogP contribution in [0.1, 0.15) is 61.8 Å². The van der Waals surface area contributed by atoms with Crippen molar-refractivity contribution in [2.24, 2.45) is 17.3 Å². The fourth-order valence-electron chi connectivity index (χ4n) is 3.99. The number of nitrogens with one attached hydrogen (secondary N) is 1. The van der Waals surface area contributed by atoms with E-state index < -0.39 is 34.6 Å². The van der Waals surface area contributed by atoms with Crippen LogP contribution >= 0.6 is 11.8 Å². The summed E-state index contributed by atoms with van der Waals surface area (Å²) in [5.74, 6) is -1.08. The summed E-state index contributed by atoms with van der Waals surface area (Å²) in [6, 6.07) is 9.36. The van der Waals surface area contributed by atoms with Crippen LogP contribution in [-0.2, 0) is 28.6 Å². The van der Waals surface area contributed by atoms with Crippen LogP contribution in [0.3, 0.4) is 0 Å². The Bertz CT molecular complexity index is 855. The molecule has 0 saturated carbocycles. The van der Waals surface area contributed by atoms with Crippen LogP contribution in [0, 0.1) is 17.3 Å². The van der Waals surface area contributed by atoms with Crippen LogP contribution in [0.4, 0.5) is 0 Å². The van der Waals surface area contributed by atoms with E-state index >= 15 is 0 Å². The van der Waals surface area contributed by atoms with E-state index in [1.54, 1.807) is 11.8 Å². The Hall–Kier alpha value is -2.06. The predicted octanol–water partition coefficient (Wildman–Crippen LogP) is 4.58. The van der Waals surface area contributed by atoms with Gasteiger partial charge in [-0.15, -0.1) is 0 Å². The molecule has 6 atom stereocenters. The molecule has 1 N–H and O–H groups in total. The van der Waals surface area contributed by atoms with Gasteiger partial charge >= 0.3 is 11.9 Å². The molecule has 1 aliphatic heterocycles. The number of carbonyl (C=O) groups excluding carboxylic acids is 3. The Kier molecular flexibility index (Phi) is 9.60. The molecule has 0 spiro atoms. The number of carbonyl (C=O) groups is 3. The molecule has 0 aliphatic carbocycles. The Balaban J connectivity index is 2.32. The summed E-state index contributed by atoms with van der Waals surface area (Å²) < 4.78 is 17.9. The van der Waals surface area contributed by atoms with Crippen LogP contribution in [-0.4, -0.2) is 47.6 Å². The van der Waals surface area contributed by atoms with E-state index in [0.29, 0.717) is 6.42 Å². The van der Waals surface area contributed by atoms with Crippen molar-refractivity contribution in [2.75, 3.05) is 6.61 Å². The second-order valence-electron chi connectivity index (χ2n) is 10.4. The third-order valence-electron chi connectivity index (χ3n) is 5.98. The molecule has 1 aromatic carbocycles. The monoisotopic (exact) mass is 493 g/mol. The summed E-state index contributed by atoms with van der Waals surface area (Å²) in [4.78, 5) is 36.7. The van der Waals surface area contributed by atoms with Crippen molar-refractivity contribution in [3.8, 4) is 0 Å². The number of hydrogen-bond acceptors (Lipinski definition) is 7. The van der Waals surface area contributed by atoms with Gasteiger partial charge in [0.15, 0.2) is 0 Å². The lowest BCUT2D eigenvalue weighted by molar-refractivity contribution is -0.182. The standard InChI is InChI=1S/C26H39NO6S/c1-16(15-31-24(30)25(5,6)7)17(2)23-22(27-18(3)28)21(32-19(4)29)14-26(8,33-23)34-20-12-10-9-11-13-20/h9-13,16-17,21-23H,14-15H2,1-8H3,(H,27,28)/t16-,17-,21-,22-,23?,26+/m1/s1. The van der Waals surface area contributed by atoms with Crippen LogP contribution < -0.4 is 5.32 Å². The summed E-state index contributed by atoms with van der Waals surface area (Å²) >= 11 is 1.56. The number of benzene rings is 1. The molecule has 1 heterocycles. The molecule has 34 heavy (non-hydrogen) atoms. The van der Waals surface area contributed by atoms with Gasteiger partial charge in [-0.1, -0.05) is 43.8 Å². The first-order chi connectivity index (χ1) is 15.7. The molecule has 0 aromatic heterocycles. The van der Waals surface area contributed by atoms with Gasteiger partial charge in [0.2, 0.25) is 5.91 Å². The fraction of sp³-hybridized carbons (Fsp3) is 0.654. The lowest BCUT2D eigenvalue weighted by atomic mass is 9.82. The van der Waals surface area contributed by atoms with Gasteiger partial charge in [0, 0.05) is 25.2 Å². The Labute approximate surface area is 207 Å². The summed E-state index contributed by atoms with van der Waals surface area (Å²) in [6.45, 7) is 14.5. The van der Waals surface area contributed by atoms with Crippen molar-refractivity contribution in [3.63, 3.8) is 0 Å². The molecular formula is C26H39NO6S. The topological polar surface area (TPSA) is 90.9 Å². The number of ether oxygens (including phenoxy) is 3. The molecule has 0 bridgehead atoms. The average Bonchev–Trinajstić information content (AvgIpc) is 2.72. The van der Waals surface area contributed by atoms with Gasteiger partial charge in [0.25, 0.3) is 0 Å². The Morgan fingerprint density at radius 3 is 2.32 bits per heavy atom. The molecule has 1 fully saturated rings. The summed E-state index contributed by atoms with van der Waals surface area (Å²) in [6.07, 6.45) is -0.618. The van der Waals surface area contributed by atoms with Crippen molar-refractivity contribution >= 4 is 29.6 Å². The molecule has 8 heteroatoms. The number of thioether (sulfide) groups is 1. The number of hydrogen-bond donors (Lipinski definition) is 1. The smallest absolute Gasteiger partial charge is 0.311 e. The van der Waals surface area contributed by atoms with Crippen molar-refractivity contribution in [2.45, 2.75) is 89.9 Å². The highest BCUT2D eigenvalue weighted by Crippen LogP contribution is 2.45. The van der Waals surface area contributed by atoms with E-state index in [0.717, 1.165) is 4.90 Å². The van der Waals surface area contributed by atoms with Gasteiger partial charge in [0.1, 0.15) is 11.0 Å². The average molecular weight is 494 g/mol. The van der Waals surface area contributed by atoms with E-state index in [1.165, 1.54) is 13.8 Å². The first-order valence-electron chi connectivity index (χ1n) is 11.8. The minimum absolute atomic E-state index is 0.0605. The van der Waals surface area contributed by atoms with Gasteiger partial charge in [0.05, 0.1) is 24.2 Å². The third kappa shape index (κ3) is 8.01. The normalized spacial score (nSPS) is 26.8. The molecule has 1 aliphatic rings. The quantitative estimate of drug-likeness (QED) is 0.530. The lowest BCUT2D eigenvalue weighted by Crippen LogP contribution is -2.62. The highest BCUT2D eigenvalue weighted by molar-refractivity contribution is 8.00. The maximum absolute atomic E-state index is 12.3. The Morgan fingerprint density at radius 1 is 1.18 bits per heavy atom. The fourth-order valence-corrected chi connectivity index (χ4v) is 5.19. The third-order valence-corrected chi connectivity index (χ3v) is 7.18. The maximum atomic E-state index is 12.3. The highest BCUT2D eigenvalue weighted by Gasteiger charge is 2.50. The second-order valence-corrected chi connectivity index (χ2v) is 11.9. The van der Waals surface area contributed by atoms with Crippen molar-refractivity contribution < 1.29 is 28.6 Å². The van der Waals surface area contributed by atoms with Gasteiger partial charge in [-0.2, -0.15) is 0 Å². The van der Waals surface area contributed by atoms with Crippen molar-refractivity contribution in [3.05, 3.63) is 30.3 Å². The zero-order valence-corrected chi connectivity index (χ0v) is 22.4. The molecule has 1 unspecified atom stereocenters. The first kappa shape index (κ1) is 28.2. The van der Waals surface area contributed by atoms with Crippen LogP contribution in [0.15, 0.2) is 35.2 Å². The highest BCUT2D eigenvalue weighted by atomic mass is 32.2. The molecule has 190 valence electrons. The van der Waals surface area contributed by atoms with Crippen LogP contribution in [0.2, 0.25) is 0 Å². The summed E-state index contributed by atoms with van der Waals surface area (Å²) in [5.41, 5.74) is -0.589. The molecular weight excluding hydrogens is 454 g/mol. The van der Waals surface area contributed by atoms with E-state index in [-0.39, 0.29) is 30.3 Å². The van der Waals surface area contributed by atoms with Crippen molar-refractivity contribution in [1.29, 1.82) is 0 Å². The van der Waals surface area contributed by atoms with E-state index in [4.69, 9.17) is 14.2 Å². The minimum atomic E-state index is -0.697. The number of esters is 2. The lowest BCUT2D eigenvalue weighted by Gasteiger charge is -2.49. The first-order valence-corrected chi connectivity index (χ1v) is 12.6. The number of amides is 1. The zero-order chi connectivity index (χ0) is 25.7. The van der Waals surface area contributed by atoms with E-state index in [1.807, 2.05) is 71.9 Å². The second kappa shape index (κ2) is 11.6. The van der Waals surface area contributed by atoms with Gasteiger partial charge in [-0.05, 0) is 51.7 Å². The van der Waals surface area contributed by atoms with Crippen molar-refractivity contribution in [1.82, 2.24) is 5.32 Å². The molecule has 1 saturated heterocycles. The van der Waals surface area contributed by atoms with E-state index in [2.05, 4.69) is 5.32 Å². The largest absolute Gasteiger partial charge is 0.465 e.